The molecule has 2 fully saturated rings. The van der Waals surface area contributed by atoms with Crippen LogP contribution >= 0.6 is 22.6 Å². The van der Waals surface area contributed by atoms with Crippen LogP contribution in [-0.2, 0) is 16.2 Å². The van der Waals surface area contributed by atoms with E-state index >= 15 is 0 Å². The van der Waals surface area contributed by atoms with Crippen molar-refractivity contribution >= 4 is 43.6 Å². The molecule has 0 spiro atoms. The largest absolute Gasteiger partial charge is 0.417 e. The SMILES string of the molecule is N#Cc1c(-c2ccc(S(=O)(=O)NC3(CI)CC3)cc2)n(C2CCCCC2)c2ncc(C(F)(F)F)cc12. The van der Waals surface area contributed by atoms with Gasteiger partial charge in [-0.15, -0.1) is 0 Å². The van der Waals surface area contributed by atoms with Gasteiger partial charge in [-0.3, -0.25) is 0 Å². The highest BCUT2D eigenvalue weighted by atomic mass is 127. The molecule has 2 heterocycles. The zero-order valence-electron chi connectivity index (χ0n) is 19.3. The van der Waals surface area contributed by atoms with Crippen molar-refractivity contribution in [1.29, 1.82) is 5.26 Å². The summed E-state index contributed by atoms with van der Waals surface area (Å²) in [7, 11) is -3.72. The maximum atomic E-state index is 13.4. The number of sulfonamides is 1. The molecule has 0 unspecified atom stereocenters. The molecule has 0 aliphatic heterocycles. The van der Waals surface area contributed by atoms with Crippen molar-refractivity contribution in [2.75, 3.05) is 4.43 Å². The summed E-state index contributed by atoms with van der Waals surface area (Å²) in [5.41, 5.74) is 0.214. The van der Waals surface area contributed by atoms with Crippen LogP contribution in [0.4, 0.5) is 13.2 Å². The van der Waals surface area contributed by atoms with E-state index in [0.717, 1.165) is 57.2 Å². The third-order valence-electron chi connectivity index (χ3n) is 7.12. The molecule has 0 atom stereocenters. The lowest BCUT2D eigenvalue weighted by molar-refractivity contribution is -0.137. The summed E-state index contributed by atoms with van der Waals surface area (Å²) in [6.45, 7) is 0. The lowest BCUT2D eigenvalue weighted by Crippen LogP contribution is -2.37. The van der Waals surface area contributed by atoms with E-state index < -0.39 is 21.8 Å². The number of benzene rings is 1. The number of nitriles is 1. The van der Waals surface area contributed by atoms with Crippen molar-refractivity contribution < 1.29 is 21.6 Å². The average Bonchev–Trinajstić information content (AvgIpc) is 3.55. The molecule has 6 nitrogen and oxygen atoms in total. The molecule has 5 rings (SSSR count). The van der Waals surface area contributed by atoms with Gasteiger partial charge in [0.2, 0.25) is 10.0 Å². The molecular weight excluding hydrogens is 604 g/mol. The molecular formula is C25H24F3IN4O2S. The Hall–Kier alpha value is -2.17. The van der Waals surface area contributed by atoms with Crippen molar-refractivity contribution in [1.82, 2.24) is 14.3 Å². The van der Waals surface area contributed by atoms with Crippen LogP contribution in [0, 0.1) is 11.3 Å². The van der Waals surface area contributed by atoms with Gasteiger partial charge >= 0.3 is 6.18 Å². The van der Waals surface area contributed by atoms with E-state index in [9.17, 15) is 26.9 Å². The quantitative estimate of drug-likeness (QED) is 0.255. The number of aromatic nitrogens is 2. The third kappa shape index (κ3) is 4.63. The standard InChI is InChI=1S/C25H24F3IN4O2S/c26-25(27,28)17-12-20-21(13-30)22(33(23(20)31-14-17)18-4-2-1-3-5-18)16-6-8-19(9-7-16)36(34,35)32-24(15-29)10-11-24/h6-9,12,14,18,32H,1-5,10-11,15H2. The molecule has 2 aliphatic carbocycles. The predicted molar refractivity (Wildman–Crippen MR) is 138 cm³/mol. The zero-order valence-corrected chi connectivity index (χ0v) is 22.3. The Morgan fingerprint density at radius 1 is 1.17 bits per heavy atom. The van der Waals surface area contributed by atoms with Crippen molar-refractivity contribution in [2.45, 2.75) is 67.6 Å². The lowest BCUT2D eigenvalue weighted by atomic mass is 9.94. The summed E-state index contributed by atoms with van der Waals surface area (Å²) in [5.74, 6) is 0. The molecule has 1 aromatic carbocycles. The summed E-state index contributed by atoms with van der Waals surface area (Å²) >= 11 is 2.17. The van der Waals surface area contributed by atoms with Gasteiger partial charge in [-0.1, -0.05) is 54.0 Å². The molecule has 0 saturated heterocycles. The number of halogens is 4. The van der Waals surface area contributed by atoms with Gasteiger partial charge < -0.3 is 4.57 Å². The fourth-order valence-corrected chi connectivity index (χ4v) is 7.65. The normalized spacial score (nSPS) is 18.3. The van der Waals surface area contributed by atoms with Gasteiger partial charge in [0.25, 0.3) is 0 Å². The van der Waals surface area contributed by atoms with Crippen molar-refractivity contribution in [3.63, 3.8) is 0 Å². The van der Waals surface area contributed by atoms with E-state index in [1.165, 1.54) is 12.1 Å². The van der Waals surface area contributed by atoms with Gasteiger partial charge in [0, 0.05) is 27.6 Å². The smallest absolute Gasteiger partial charge is 0.321 e. The Labute approximate surface area is 221 Å². The molecule has 2 aliphatic rings. The van der Waals surface area contributed by atoms with E-state index in [-0.39, 0.29) is 27.4 Å². The Bertz CT molecular complexity index is 1450. The van der Waals surface area contributed by atoms with Gasteiger partial charge in [-0.25, -0.2) is 18.1 Å². The fraction of sp³-hybridized carbons (Fsp3) is 0.440. The van der Waals surface area contributed by atoms with Crippen LogP contribution in [0.1, 0.15) is 62.1 Å². The van der Waals surface area contributed by atoms with Crippen molar-refractivity contribution in [2.24, 2.45) is 0 Å². The van der Waals surface area contributed by atoms with E-state index in [2.05, 4.69) is 38.4 Å². The van der Waals surface area contributed by atoms with Crippen LogP contribution < -0.4 is 4.72 Å². The molecule has 11 heteroatoms. The number of alkyl halides is 4. The number of hydrogen-bond donors (Lipinski definition) is 1. The minimum absolute atomic E-state index is 0.00829. The van der Waals surface area contributed by atoms with Crippen molar-refractivity contribution in [3.05, 3.63) is 47.7 Å². The molecule has 3 aromatic rings. The minimum atomic E-state index is -4.58. The first-order chi connectivity index (χ1) is 17.1. The summed E-state index contributed by atoms with van der Waals surface area (Å²) < 4.78 is 71.5. The number of rotatable bonds is 6. The first kappa shape index (κ1) is 25.5. The Kier molecular flexibility index (Phi) is 6.58. The monoisotopic (exact) mass is 628 g/mol. The van der Waals surface area contributed by atoms with Gasteiger partial charge in [0.05, 0.1) is 21.7 Å². The van der Waals surface area contributed by atoms with Crippen LogP contribution in [0.15, 0.2) is 41.4 Å². The fourth-order valence-electron chi connectivity index (χ4n) is 4.98. The van der Waals surface area contributed by atoms with Crippen LogP contribution in [-0.4, -0.2) is 27.9 Å². The second-order valence-electron chi connectivity index (χ2n) is 9.63. The Morgan fingerprint density at radius 3 is 2.39 bits per heavy atom. The van der Waals surface area contributed by atoms with E-state index in [1.807, 2.05) is 4.57 Å². The second kappa shape index (κ2) is 9.29. The molecule has 0 bridgehead atoms. The zero-order chi connectivity index (χ0) is 25.7. The molecule has 2 saturated carbocycles. The number of fused-ring (bicyclic) bond motifs is 1. The van der Waals surface area contributed by atoms with E-state index in [1.54, 1.807) is 12.1 Å². The van der Waals surface area contributed by atoms with Crippen molar-refractivity contribution in [3.8, 4) is 17.3 Å². The summed E-state index contributed by atoms with van der Waals surface area (Å²) in [4.78, 5) is 4.29. The van der Waals surface area contributed by atoms with Gasteiger partial charge in [-0.2, -0.15) is 18.4 Å². The van der Waals surface area contributed by atoms with Gasteiger partial charge in [0.1, 0.15) is 11.7 Å². The summed E-state index contributed by atoms with van der Waals surface area (Å²) in [6.07, 6.45) is 2.54. The minimum Gasteiger partial charge on any atom is -0.321 e. The highest BCUT2D eigenvalue weighted by Crippen LogP contribution is 2.42. The first-order valence-electron chi connectivity index (χ1n) is 11.8. The van der Waals surface area contributed by atoms with Crippen LogP contribution in [0.5, 0.6) is 0 Å². The maximum absolute atomic E-state index is 13.4. The number of nitrogens with one attached hydrogen (secondary N) is 1. The lowest BCUT2D eigenvalue weighted by Gasteiger charge is -2.26. The Morgan fingerprint density at radius 2 is 1.83 bits per heavy atom. The first-order valence-corrected chi connectivity index (χ1v) is 14.8. The molecule has 190 valence electrons. The highest BCUT2D eigenvalue weighted by Gasteiger charge is 2.45. The second-order valence-corrected chi connectivity index (χ2v) is 12.1. The number of hydrogen-bond acceptors (Lipinski definition) is 4. The van der Waals surface area contributed by atoms with Gasteiger partial charge in [-0.05, 0) is 49.4 Å². The van der Waals surface area contributed by atoms with Gasteiger partial charge in [0.15, 0.2) is 0 Å². The van der Waals surface area contributed by atoms with E-state index in [0.29, 0.717) is 21.3 Å². The third-order valence-corrected chi connectivity index (χ3v) is 10.2. The molecule has 36 heavy (non-hydrogen) atoms. The highest BCUT2D eigenvalue weighted by molar-refractivity contribution is 14.1. The summed E-state index contributed by atoms with van der Waals surface area (Å²) in [6, 6.07) is 9.31. The number of nitrogens with zero attached hydrogens (tertiary/aromatic N) is 3. The molecule has 0 amide bonds. The van der Waals surface area contributed by atoms with Crippen LogP contribution in [0.25, 0.3) is 22.3 Å². The van der Waals surface area contributed by atoms with Crippen LogP contribution in [0.3, 0.4) is 0 Å². The maximum Gasteiger partial charge on any atom is 0.417 e. The van der Waals surface area contributed by atoms with Crippen LogP contribution in [0.2, 0.25) is 0 Å². The predicted octanol–water partition coefficient (Wildman–Crippen LogP) is 6.34. The number of pyridine rings is 1. The summed E-state index contributed by atoms with van der Waals surface area (Å²) in [5, 5.41) is 10.2. The average molecular weight is 628 g/mol. The van der Waals surface area contributed by atoms with E-state index in [4.69, 9.17) is 0 Å². The molecule has 2 aromatic heterocycles. The Balaban J connectivity index is 1.64. The molecule has 0 radical (unpaired) electrons. The topological polar surface area (TPSA) is 87.8 Å². The molecule has 1 N–H and O–H groups in total.